The number of thioether (sulfide) groups is 1. The van der Waals surface area contributed by atoms with Crippen molar-refractivity contribution in [2.75, 3.05) is 13.1 Å². The van der Waals surface area contributed by atoms with E-state index in [2.05, 4.69) is 17.2 Å². The molecule has 1 aliphatic heterocycles. The normalized spacial score (nSPS) is 18.8. The highest BCUT2D eigenvalue weighted by molar-refractivity contribution is 8.14. The van der Waals surface area contributed by atoms with Gasteiger partial charge >= 0.3 is 0 Å². The number of hydrogen-bond acceptors (Lipinski definition) is 3. The minimum atomic E-state index is -0.164. The van der Waals surface area contributed by atoms with E-state index in [1.165, 1.54) is 18.9 Å². The smallest absolute Gasteiger partial charge is 0.156 e. The molecule has 1 N–H and O–H groups in total. The van der Waals surface area contributed by atoms with Gasteiger partial charge in [-0.1, -0.05) is 37.2 Å². The summed E-state index contributed by atoms with van der Waals surface area (Å²) in [5.41, 5.74) is 1.02. The molecule has 0 spiro atoms. The monoisotopic (exact) mass is 266 g/mol. The average molecular weight is 266 g/mol. The maximum absolute atomic E-state index is 13.0. The molecule has 1 aromatic rings. The second kappa shape index (κ2) is 6.78. The summed E-state index contributed by atoms with van der Waals surface area (Å²) in [4.78, 5) is 4.48. The van der Waals surface area contributed by atoms with Crippen LogP contribution in [-0.2, 0) is 6.42 Å². The van der Waals surface area contributed by atoms with Crippen LogP contribution in [0.5, 0.6) is 0 Å². The Morgan fingerprint density at radius 2 is 2.39 bits per heavy atom. The zero-order valence-electron chi connectivity index (χ0n) is 10.7. The lowest BCUT2D eigenvalue weighted by atomic mass is 10.1. The number of nitrogens with one attached hydrogen (secondary N) is 1. The van der Waals surface area contributed by atoms with E-state index in [-0.39, 0.29) is 5.82 Å². The molecule has 1 aromatic carbocycles. The Balaban J connectivity index is 1.70. The predicted molar refractivity (Wildman–Crippen MR) is 76.7 cm³/mol. The Morgan fingerprint density at radius 3 is 3.17 bits per heavy atom. The van der Waals surface area contributed by atoms with Gasteiger partial charge in [-0.3, -0.25) is 4.99 Å². The summed E-state index contributed by atoms with van der Waals surface area (Å²) in [6.07, 6.45) is 3.27. The summed E-state index contributed by atoms with van der Waals surface area (Å²) in [5.74, 6) is -0.164. The van der Waals surface area contributed by atoms with Crippen molar-refractivity contribution in [2.45, 2.75) is 31.4 Å². The first kappa shape index (κ1) is 13.4. The van der Waals surface area contributed by atoms with Crippen LogP contribution in [0.1, 0.15) is 25.3 Å². The average Bonchev–Trinajstić information content (AvgIpc) is 2.78. The van der Waals surface area contributed by atoms with Gasteiger partial charge in [-0.2, -0.15) is 0 Å². The molecule has 1 unspecified atom stereocenters. The largest absolute Gasteiger partial charge is 0.365 e. The van der Waals surface area contributed by atoms with Gasteiger partial charge in [0.2, 0.25) is 0 Å². The molecule has 0 saturated heterocycles. The van der Waals surface area contributed by atoms with E-state index < -0.39 is 0 Å². The highest BCUT2D eigenvalue weighted by Crippen LogP contribution is 2.23. The zero-order valence-corrected chi connectivity index (χ0v) is 11.5. The van der Waals surface area contributed by atoms with E-state index in [1.54, 1.807) is 12.1 Å². The second-order valence-corrected chi connectivity index (χ2v) is 5.77. The minimum Gasteiger partial charge on any atom is -0.365 e. The highest BCUT2D eigenvalue weighted by Gasteiger charge is 2.17. The minimum absolute atomic E-state index is 0.164. The van der Waals surface area contributed by atoms with Crippen molar-refractivity contribution in [1.29, 1.82) is 0 Å². The Kier molecular flexibility index (Phi) is 5.05. The van der Waals surface area contributed by atoms with Crippen LogP contribution in [0.15, 0.2) is 29.3 Å². The van der Waals surface area contributed by atoms with Gasteiger partial charge in [-0.25, -0.2) is 4.39 Å². The van der Waals surface area contributed by atoms with Crippen molar-refractivity contribution < 1.29 is 4.39 Å². The lowest BCUT2D eigenvalue weighted by molar-refractivity contribution is 0.625. The van der Waals surface area contributed by atoms with Crippen LogP contribution in [0.3, 0.4) is 0 Å². The Bertz CT molecular complexity index is 420. The standard InChI is InChI=1S/C14H19FN2S/c1-2-4-13-10-17-14(18-13)16-8-7-11-5-3-6-12(15)9-11/h3,5-6,9,13H,2,4,7-8,10H2,1H3,(H,16,17). The number of nitrogens with zero attached hydrogens (tertiary/aromatic N) is 1. The van der Waals surface area contributed by atoms with Crippen LogP contribution in [0.2, 0.25) is 0 Å². The molecule has 4 heteroatoms. The van der Waals surface area contributed by atoms with Gasteiger partial charge < -0.3 is 5.32 Å². The number of aliphatic imine (C=N–C) groups is 1. The van der Waals surface area contributed by atoms with Crippen LogP contribution in [-0.4, -0.2) is 23.5 Å². The van der Waals surface area contributed by atoms with Crippen molar-refractivity contribution in [3.8, 4) is 0 Å². The SMILES string of the molecule is CCCC1CN=C(NCCc2cccc(F)c2)S1. The van der Waals surface area contributed by atoms with Gasteiger partial charge in [0.15, 0.2) is 5.17 Å². The summed E-state index contributed by atoms with van der Waals surface area (Å²) in [6, 6.07) is 6.77. The maximum atomic E-state index is 13.0. The van der Waals surface area contributed by atoms with Crippen LogP contribution in [0.4, 0.5) is 4.39 Å². The second-order valence-electron chi connectivity index (χ2n) is 4.48. The fourth-order valence-corrected chi connectivity index (χ4v) is 3.15. The van der Waals surface area contributed by atoms with E-state index in [0.717, 1.165) is 30.2 Å². The lowest BCUT2D eigenvalue weighted by Crippen LogP contribution is -2.22. The third kappa shape index (κ3) is 4.02. The van der Waals surface area contributed by atoms with E-state index in [9.17, 15) is 4.39 Å². The lowest BCUT2D eigenvalue weighted by Gasteiger charge is -2.08. The molecule has 1 aliphatic rings. The molecule has 0 radical (unpaired) electrons. The first-order valence-corrected chi connectivity index (χ1v) is 7.35. The third-order valence-corrected chi connectivity index (χ3v) is 4.12. The summed E-state index contributed by atoms with van der Waals surface area (Å²) in [5, 5.41) is 5.02. The molecule has 0 amide bonds. The highest BCUT2D eigenvalue weighted by atomic mass is 32.2. The topological polar surface area (TPSA) is 24.4 Å². The van der Waals surface area contributed by atoms with Crippen molar-refractivity contribution in [1.82, 2.24) is 5.32 Å². The van der Waals surface area contributed by atoms with Crippen LogP contribution < -0.4 is 5.32 Å². The molecule has 2 rings (SSSR count). The molecule has 0 bridgehead atoms. The molecule has 18 heavy (non-hydrogen) atoms. The van der Waals surface area contributed by atoms with Gasteiger partial charge in [0.1, 0.15) is 5.82 Å². The summed E-state index contributed by atoms with van der Waals surface area (Å²) in [6.45, 7) is 3.95. The fourth-order valence-electron chi connectivity index (χ4n) is 1.99. The Labute approximate surface area is 112 Å². The van der Waals surface area contributed by atoms with Gasteiger partial charge in [0.05, 0.1) is 6.54 Å². The van der Waals surface area contributed by atoms with E-state index in [4.69, 9.17) is 0 Å². The maximum Gasteiger partial charge on any atom is 0.156 e. The van der Waals surface area contributed by atoms with E-state index >= 15 is 0 Å². The molecule has 98 valence electrons. The van der Waals surface area contributed by atoms with E-state index in [1.807, 2.05) is 17.8 Å². The molecule has 0 saturated carbocycles. The Morgan fingerprint density at radius 1 is 1.50 bits per heavy atom. The van der Waals surface area contributed by atoms with Crippen molar-refractivity contribution in [3.63, 3.8) is 0 Å². The van der Waals surface area contributed by atoms with Gasteiger partial charge in [-0.05, 0) is 30.5 Å². The van der Waals surface area contributed by atoms with Crippen molar-refractivity contribution in [2.24, 2.45) is 4.99 Å². The summed E-state index contributed by atoms with van der Waals surface area (Å²) >= 11 is 1.84. The summed E-state index contributed by atoms with van der Waals surface area (Å²) < 4.78 is 13.0. The van der Waals surface area contributed by atoms with Crippen LogP contribution >= 0.6 is 11.8 Å². The molecular formula is C14H19FN2S. The molecule has 1 heterocycles. The fraction of sp³-hybridized carbons (Fsp3) is 0.500. The van der Waals surface area contributed by atoms with Gasteiger partial charge in [0.25, 0.3) is 0 Å². The number of amidine groups is 1. The first-order chi connectivity index (χ1) is 8.78. The van der Waals surface area contributed by atoms with Crippen LogP contribution in [0.25, 0.3) is 0 Å². The number of hydrogen-bond donors (Lipinski definition) is 1. The first-order valence-electron chi connectivity index (χ1n) is 6.47. The van der Waals surface area contributed by atoms with Gasteiger partial charge in [0, 0.05) is 11.8 Å². The molecule has 1 atom stereocenters. The molecule has 0 fully saturated rings. The van der Waals surface area contributed by atoms with Crippen molar-refractivity contribution in [3.05, 3.63) is 35.6 Å². The molecular weight excluding hydrogens is 247 g/mol. The molecule has 0 aliphatic carbocycles. The summed E-state index contributed by atoms with van der Waals surface area (Å²) in [7, 11) is 0. The number of rotatable bonds is 5. The number of halogens is 1. The third-order valence-electron chi connectivity index (χ3n) is 2.91. The molecule has 0 aromatic heterocycles. The zero-order chi connectivity index (χ0) is 12.8. The van der Waals surface area contributed by atoms with E-state index in [0.29, 0.717) is 5.25 Å². The number of benzene rings is 1. The molecule has 2 nitrogen and oxygen atoms in total. The Hall–Kier alpha value is -1.03. The quantitative estimate of drug-likeness (QED) is 0.885. The van der Waals surface area contributed by atoms with Crippen LogP contribution in [0, 0.1) is 5.82 Å². The van der Waals surface area contributed by atoms with Gasteiger partial charge in [-0.15, -0.1) is 0 Å². The predicted octanol–water partition coefficient (Wildman–Crippen LogP) is 3.23. The van der Waals surface area contributed by atoms with Crippen molar-refractivity contribution >= 4 is 16.9 Å².